The van der Waals surface area contributed by atoms with Gasteiger partial charge in [0.2, 0.25) is 0 Å². The van der Waals surface area contributed by atoms with Crippen LogP contribution in [-0.4, -0.2) is 26.1 Å². The van der Waals surface area contributed by atoms with E-state index in [1.807, 2.05) is 25.2 Å². The minimum absolute atomic E-state index is 0.0475. The van der Waals surface area contributed by atoms with E-state index in [2.05, 4.69) is 24.5 Å². The lowest BCUT2D eigenvalue weighted by Gasteiger charge is -2.20. The number of carbonyl (C=O) groups is 1. The van der Waals surface area contributed by atoms with Gasteiger partial charge >= 0.3 is 0 Å². The Bertz CT molecular complexity index is 457. The van der Waals surface area contributed by atoms with E-state index in [1.165, 1.54) is 0 Å². The quantitative estimate of drug-likeness (QED) is 0.874. The van der Waals surface area contributed by atoms with Crippen molar-refractivity contribution < 1.29 is 9.53 Å². The molecule has 19 heavy (non-hydrogen) atoms. The van der Waals surface area contributed by atoms with Crippen molar-refractivity contribution in [3.63, 3.8) is 0 Å². The molecule has 1 atom stereocenters. The molecule has 2 N–H and O–H groups in total. The number of rotatable bonds is 4. The molecule has 0 radical (unpaired) electrons. The van der Waals surface area contributed by atoms with Gasteiger partial charge in [-0.3, -0.25) is 4.79 Å². The molecule has 0 aliphatic carbocycles. The number of hydrogen-bond acceptors (Lipinski definition) is 3. The highest BCUT2D eigenvalue weighted by molar-refractivity contribution is 5.97. The van der Waals surface area contributed by atoms with Gasteiger partial charge in [-0.25, -0.2) is 0 Å². The number of carbonyl (C=O) groups excluding carboxylic acids is 1. The second kappa shape index (κ2) is 6.06. The van der Waals surface area contributed by atoms with E-state index in [1.54, 1.807) is 0 Å². The molecule has 1 aliphatic heterocycles. The van der Waals surface area contributed by atoms with Gasteiger partial charge in [0.1, 0.15) is 12.4 Å². The van der Waals surface area contributed by atoms with Crippen LogP contribution in [0.5, 0.6) is 5.75 Å². The second-order valence-corrected chi connectivity index (χ2v) is 5.33. The van der Waals surface area contributed by atoms with Crippen molar-refractivity contribution >= 4 is 5.91 Å². The summed E-state index contributed by atoms with van der Waals surface area (Å²) in [6.07, 6.45) is 1.04. The van der Waals surface area contributed by atoms with E-state index < -0.39 is 0 Å². The average Bonchev–Trinajstić information content (AvgIpc) is 2.58. The second-order valence-electron chi connectivity index (χ2n) is 5.33. The molecule has 1 aromatic rings. The number of nitrogens with one attached hydrogen (secondary N) is 2. The molecular weight excluding hydrogens is 240 g/mol. The van der Waals surface area contributed by atoms with E-state index >= 15 is 0 Å². The molecule has 2 rings (SSSR count). The number of benzene rings is 1. The summed E-state index contributed by atoms with van der Waals surface area (Å²) in [5, 5.41) is 6.16. The molecule has 0 aromatic heterocycles. The largest absolute Gasteiger partial charge is 0.491 e. The lowest BCUT2D eigenvalue weighted by atomic mass is 9.95. The highest BCUT2D eigenvalue weighted by Gasteiger charge is 2.19. The molecule has 104 valence electrons. The van der Waals surface area contributed by atoms with Gasteiger partial charge in [0.25, 0.3) is 5.91 Å². The van der Waals surface area contributed by atoms with Gasteiger partial charge < -0.3 is 15.4 Å². The maximum atomic E-state index is 12.0. The van der Waals surface area contributed by atoms with Crippen molar-refractivity contribution in [3.8, 4) is 5.75 Å². The third-order valence-electron chi connectivity index (χ3n) is 3.35. The Morgan fingerprint density at radius 2 is 2.21 bits per heavy atom. The molecule has 0 fully saturated rings. The Morgan fingerprint density at radius 1 is 1.42 bits per heavy atom. The lowest BCUT2D eigenvalue weighted by molar-refractivity contribution is 0.0957. The normalized spacial score (nSPS) is 16.3. The number of ether oxygens (including phenoxy) is 1. The molecule has 1 aliphatic rings. The Labute approximate surface area is 114 Å². The topological polar surface area (TPSA) is 50.4 Å². The first-order chi connectivity index (χ1) is 9.11. The Morgan fingerprint density at radius 3 is 2.89 bits per heavy atom. The third-order valence-corrected chi connectivity index (χ3v) is 3.35. The van der Waals surface area contributed by atoms with Crippen molar-refractivity contribution in [2.24, 2.45) is 5.92 Å². The summed E-state index contributed by atoms with van der Waals surface area (Å²) in [6, 6.07) is 6.15. The minimum Gasteiger partial charge on any atom is -0.491 e. The van der Waals surface area contributed by atoms with Gasteiger partial charge in [0, 0.05) is 6.04 Å². The van der Waals surface area contributed by atoms with Crippen molar-refractivity contribution in [1.82, 2.24) is 10.6 Å². The first-order valence-corrected chi connectivity index (χ1v) is 6.84. The molecule has 1 unspecified atom stereocenters. The monoisotopic (exact) mass is 262 g/mol. The summed E-state index contributed by atoms with van der Waals surface area (Å²) < 4.78 is 5.56. The lowest BCUT2D eigenvalue weighted by Crippen LogP contribution is -2.25. The fraction of sp³-hybridized carbons (Fsp3) is 0.533. The maximum Gasteiger partial charge on any atom is 0.255 e. The Kier molecular flexibility index (Phi) is 4.43. The summed E-state index contributed by atoms with van der Waals surface area (Å²) in [7, 11) is 1.95. The third kappa shape index (κ3) is 3.26. The Hall–Kier alpha value is -1.55. The van der Waals surface area contributed by atoms with Gasteiger partial charge in [0.15, 0.2) is 0 Å². The maximum absolute atomic E-state index is 12.0. The fourth-order valence-electron chi connectivity index (χ4n) is 2.38. The first kappa shape index (κ1) is 13.9. The minimum atomic E-state index is -0.0475. The van der Waals surface area contributed by atoms with Crippen molar-refractivity contribution in [1.29, 1.82) is 0 Å². The predicted octanol–water partition coefficient (Wildman–Crippen LogP) is 2.12. The van der Waals surface area contributed by atoms with E-state index in [0.717, 1.165) is 12.0 Å². The first-order valence-electron chi connectivity index (χ1n) is 6.84. The molecule has 1 aromatic carbocycles. The van der Waals surface area contributed by atoms with Gasteiger partial charge in [-0.15, -0.1) is 0 Å². The molecule has 4 heteroatoms. The molecule has 0 bridgehead atoms. The summed E-state index contributed by atoms with van der Waals surface area (Å²) in [6.45, 7) is 5.48. The Balaban J connectivity index is 2.30. The zero-order chi connectivity index (χ0) is 13.8. The van der Waals surface area contributed by atoms with Gasteiger partial charge in [-0.1, -0.05) is 19.9 Å². The van der Waals surface area contributed by atoms with E-state index in [9.17, 15) is 4.79 Å². The number of hydrogen-bond donors (Lipinski definition) is 2. The van der Waals surface area contributed by atoms with Crippen LogP contribution in [0.3, 0.4) is 0 Å². The van der Waals surface area contributed by atoms with Crippen LogP contribution in [0.4, 0.5) is 0 Å². The molecular formula is C15H22N2O2. The number of amides is 1. The smallest absolute Gasteiger partial charge is 0.255 e. The van der Waals surface area contributed by atoms with Crippen LogP contribution in [0.2, 0.25) is 0 Å². The van der Waals surface area contributed by atoms with Crippen LogP contribution in [0.1, 0.15) is 42.2 Å². The van der Waals surface area contributed by atoms with Gasteiger partial charge in [-0.2, -0.15) is 0 Å². The highest BCUT2D eigenvalue weighted by Crippen LogP contribution is 2.27. The van der Waals surface area contributed by atoms with Gasteiger partial charge in [-0.05, 0) is 37.1 Å². The summed E-state index contributed by atoms with van der Waals surface area (Å²) in [5.74, 6) is 1.23. The van der Waals surface area contributed by atoms with E-state index in [4.69, 9.17) is 4.74 Å². The molecule has 1 amide bonds. The molecule has 0 spiro atoms. The zero-order valence-corrected chi connectivity index (χ0v) is 11.8. The molecule has 4 nitrogen and oxygen atoms in total. The molecule has 1 heterocycles. The van der Waals surface area contributed by atoms with Crippen LogP contribution in [-0.2, 0) is 0 Å². The fourth-order valence-corrected chi connectivity index (χ4v) is 2.38. The predicted molar refractivity (Wildman–Crippen MR) is 75.5 cm³/mol. The van der Waals surface area contributed by atoms with Crippen LogP contribution in [0.25, 0.3) is 0 Å². The van der Waals surface area contributed by atoms with Crippen molar-refractivity contribution in [3.05, 3.63) is 29.3 Å². The summed E-state index contributed by atoms with van der Waals surface area (Å²) >= 11 is 0. The molecule has 0 saturated heterocycles. The summed E-state index contributed by atoms with van der Waals surface area (Å²) in [5.41, 5.74) is 1.77. The number of fused-ring (bicyclic) bond motifs is 1. The van der Waals surface area contributed by atoms with Crippen LogP contribution < -0.4 is 15.4 Å². The van der Waals surface area contributed by atoms with Gasteiger partial charge in [0.05, 0.1) is 12.1 Å². The SMILES string of the molecule is CNC(CC(C)C)c1ccc2c(c1)C(=O)NCCO2. The standard InChI is InChI=1S/C15H22N2O2/c1-10(2)8-13(16-3)11-4-5-14-12(9-11)15(18)17-6-7-19-14/h4-5,9-10,13,16H,6-8H2,1-3H3,(H,17,18). The van der Waals surface area contributed by atoms with Crippen LogP contribution >= 0.6 is 0 Å². The van der Waals surface area contributed by atoms with Crippen LogP contribution in [0.15, 0.2) is 18.2 Å². The van der Waals surface area contributed by atoms with E-state index in [0.29, 0.717) is 30.4 Å². The van der Waals surface area contributed by atoms with E-state index in [-0.39, 0.29) is 11.9 Å². The zero-order valence-electron chi connectivity index (χ0n) is 11.8. The highest BCUT2D eigenvalue weighted by atomic mass is 16.5. The average molecular weight is 262 g/mol. The van der Waals surface area contributed by atoms with Crippen LogP contribution in [0, 0.1) is 5.92 Å². The van der Waals surface area contributed by atoms with Crippen molar-refractivity contribution in [2.45, 2.75) is 26.3 Å². The van der Waals surface area contributed by atoms with Crippen molar-refractivity contribution in [2.75, 3.05) is 20.2 Å². The molecule has 0 saturated carbocycles. The summed E-state index contributed by atoms with van der Waals surface area (Å²) in [4.78, 5) is 12.0.